The standard InChI is InChI=1S/C11H9NO.C2H6N2O/c13-11(10-7-4-8-12-10)9-5-2-1-3-6-9;3-1-2(4)5/h1-8,12H;1,3H2,(H2,4,5). The first-order valence-electron chi connectivity index (χ1n) is 5.36. The second-order valence-corrected chi connectivity index (χ2v) is 3.45. The summed E-state index contributed by atoms with van der Waals surface area (Å²) < 4.78 is 0. The van der Waals surface area contributed by atoms with Crippen molar-refractivity contribution < 1.29 is 9.59 Å². The molecule has 0 saturated heterocycles. The maximum atomic E-state index is 11.7. The molecule has 1 aromatic heterocycles. The lowest BCUT2D eigenvalue weighted by Gasteiger charge is -1.96. The van der Waals surface area contributed by atoms with Crippen LogP contribution in [-0.4, -0.2) is 23.2 Å². The predicted molar refractivity (Wildman–Crippen MR) is 68.9 cm³/mol. The average Bonchev–Trinajstić information content (AvgIpc) is 2.93. The normalized spacial score (nSPS) is 9.17. The minimum Gasteiger partial charge on any atom is -0.369 e. The van der Waals surface area contributed by atoms with Crippen LogP contribution in [0.4, 0.5) is 0 Å². The lowest BCUT2D eigenvalue weighted by Crippen LogP contribution is -2.21. The van der Waals surface area contributed by atoms with Crippen LogP contribution < -0.4 is 11.5 Å². The summed E-state index contributed by atoms with van der Waals surface area (Å²) >= 11 is 0. The molecule has 94 valence electrons. The molecule has 0 fully saturated rings. The fourth-order valence-electron chi connectivity index (χ4n) is 1.22. The smallest absolute Gasteiger partial charge is 0.231 e. The number of nitrogens with two attached hydrogens (primary N) is 2. The van der Waals surface area contributed by atoms with E-state index in [1.807, 2.05) is 36.4 Å². The molecule has 0 spiro atoms. The van der Waals surface area contributed by atoms with Gasteiger partial charge in [0.1, 0.15) is 0 Å². The van der Waals surface area contributed by atoms with Crippen LogP contribution in [0, 0.1) is 0 Å². The van der Waals surface area contributed by atoms with Gasteiger partial charge in [0.05, 0.1) is 12.2 Å². The SMILES string of the molecule is NCC(N)=O.O=C(c1ccccc1)c1ccc[nH]1. The Labute approximate surface area is 105 Å². The van der Waals surface area contributed by atoms with E-state index in [0.29, 0.717) is 11.3 Å². The van der Waals surface area contributed by atoms with E-state index in [0.717, 1.165) is 0 Å². The number of nitrogens with one attached hydrogen (secondary N) is 1. The van der Waals surface area contributed by atoms with Gasteiger partial charge in [0.2, 0.25) is 11.7 Å². The third kappa shape index (κ3) is 4.23. The van der Waals surface area contributed by atoms with E-state index >= 15 is 0 Å². The molecule has 0 aliphatic rings. The molecule has 2 rings (SSSR count). The Morgan fingerprint density at radius 1 is 1.06 bits per heavy atom. The summed E-state index contributed by atoms with van der Waals surface area (Å²) in [5.74, 6) is -0.435. The molecule has 0 bridgehead atoms. The summed E-state index contributed by atoms with van der Waals surface area (Å²) in [7, 11) is 0. The summed E-state index contributed by atoms with van der Waals surface area (Å²) in [5, 5.41) is 0. The van der Waals surface area contributed by atoms with Gasteiger partial charge in [-0.05, 0) is 12.1 Å². The second kappa shape index (κ2) is 7.03. The fourth-order valence-corrected chi connectivity index (χ4v) is 1.22. The van der Waals surface area contributed by atoms with E-state index < -0.39 is 5.91 Å². The number of hydrogen-bond donors (Lipinski definition) is 3. The lowest BCUT2D eigenvalue weighted by atomic mass is 10.1. The van der Waals surface area contributed by atoms with Crippen molar-refractivity contribution in [3.63, 3.8) is 0 Å². The van der Waals surface area contributed by atoms with Crippen molar-refractivity contribution in [2.24, 2.45) is 11.5 Å². The maximum Gasteiger partial charge on any atom is 0.231 e. The zero-order valence-electron chi connectivity index (χ0n) is 9.80. The number of rotatable bonds is 3. The molecular formula is C13H15N3O2. The lowest BCUT2D eigenvalue weighted by molar-refractivity contribution is -0.116. The van der Waals surface area contributed by atoms with Crippen molar-refractivity contribution in [2.75, 3.05) is 6.54 Å². The minimum atomic E-state index is -0.468. The van der Waals surface area contributed by atoms with E-state index in [-0.39, 0.29) is 12.3 Å². The molecule has 1 heterocycles. The van der Waals surface area contributed by atoms with Gasteiger partial charge in [0, 0.05) is 11.8 Å². The van der Waals surface area contributed by atoms with Crippen LogP contribution in [-0.2, 0) is 4.79 Å². The number of aromatic amines is 1. The highest BCUT2D eigenvalue weighted by atomic mass is 16.1. The van der Waals surface area contributed by atoms with E-state index in [1.54, 1.807) is 12.3 Å². The predicted octanol–water partition coefficient (Wildman–Crippen LogP) is 0.676. The third-order valence-electron chi connectivity index (χ3n) is 2.08. The van der Waals surface area contributed by atoms with Gasteiger partial charge < -0.3 is 16.5 Å². The molecule has 5 N–H and O–H groups in total. The largest absolute Gasteiger partial charge is 0.369 e. The minimum absolute atomic E-state index is 0.0330. The molecular weight excluding hydrogens is 230 g/mol. The molecule has 2 aromatic rings. The monoisotopic (exact) mass is 245 g/mol. The highest BCUT2D eigenvalue weighted by molar-refractivity contribution is 6.07. The van der Waals surface area contributed by atoms with E-state index in [4.69, 9.17) is 5.73 Å². The first-order chi connectivity index (χ1) is 8.65. The van der Waals surface area contributed by atoms with Gasteiger partial charge in [-0.25, -0.2) is 0 Å². The maximum absolute atomic E-state index is 11.7. The number of carbonyl (C=O) groups is 2. The summed E-state index contributed by atoms with van der Waals surface area (Å²) in [4.78, 5) is 24.0. The van der Waals surface area contributed by atoms with E-state index in [2.05, 4.69) is 10.7 Å². The number of H-pyrrole nitrogens is 1. The van der Waals surface area contributed by atoms with Crippen LogP contribution in [0.3, 0.4) is 0 Å². The Bertz CT molecular complexity index is 492. The molecule has 5 nitrogen and oxygen atoms in total. The van der Waals surface area contributed by atoms with Gasteiger partial charge in [-0.15, -0.1) is 0 Å². The van der Waals surface area contributed by atoms with Crippen molar-refractivity contribution in [3.8, 4) is 0 Å². The molecule has 0 aliphatic heterocycles. The Balaban J connectivity index is 0.000000280. The number of hydrogen-bond acceptors (Lipinski definition) is 3. The van der Waals surface area contributed by atoms with Crippen molar-refractivity contribution in [1.82, 2.24) is 4.98 Å². The summed E-state index contributed by atoms with van der Waals surface area (Å²) in [6, 6.07) is 12.8. The van der Waals surface area contributed by atoms with Crippen molar-refractivity contribution >= 4 is 11.7 Å². The molecule has 0 atom stereocenters. The van der Waals surface area contributed by atoms with Gasteiger partial charge in [0.25, 0.3) is 0 Å². The average molecular weight is 245 g/mol. The Kier molecular flexibility index (Phi) is 5.34. The number of primary amides is 1. The topological polar surface area (TPSA) is 102 Å². The Morgan fingerprint density at radius 3 is 2.11 bits per heavy atom. The van der Waals surface area contributed by atoms with Crippen LogP contribution in [0.5, 0.6) is 0 Å². The van der Waals surface area contributed by atoms with Crippen LogP contribution in [0.15, 0.2) is 48.7 Å². The van der Waals surface area contributed by atoms with Gasteiger partial charge in [-0.2, -0.15) is 0 Å². The van der Waals surface area contributed by atoms with Crippen LogP contribution in [0.1, 0.15) is 16.1 Å². The van der Waals surface area contributed by atoms with Gasteiger partial charge >= 0.3 is 0 Å². The van der Waals surface area contributed by atoms with Crippen LogP contribution in [0.2, 0.25) is 0 Å². The first kappa shape index (κ1) is 13.7. The van der Waals surface area contributed by atoms with Gasteiger partial charge in [0.15, 0.2) is 0 Å². The summed E-state index contributed by atoms with van der Waals surface area (Å²) in [5.41, 5.74) is 10.6. The molecule has 1 amide bonds. The molecule has 18 heavy (non-hydrogen) atoms. The van der Waals surface area contributed by atoms with Gasteiger partial charge in [-0.1, -0.05) is 30.3 Å². The van der Waals surface area contributed by atoms with E-state index in [9.17, 15) is 9.59 Å². The molecule has 0 radical (unpaired) electrons. The molecule has 0 saturated carbocycles. The molecule has 1 aromatic carbocycles. The number of ketones is 1. The molecule has 5 heteroatoms. The van der Waals surface area contributed by atoms with Crippen molar-refractivity contribution in [3.05, 3.63) is 59.9 Å². The summed E-state index contributed by atoms with van der Waals surface area (Å²) in [6.07, 6.45) is 1.75. The highest BCUT2D eigenvalue weighted by Crippen LogP contribution is 2.06. The number of benzene rings is 1. The van der Waals surface area contributed by atoms with Crippen LogP contribution in [0.25, 0.3) is 0 Å². The fraction of sp³-hybridized carbons (Fsp3) is 0.0769. The van der Waals surface area contributed by atoms with Crippen LogP contribution >= 0.6 is 0 Å². The Morgan fingerprint density at radius 2 is 1.67 bits per heavy atom. The van der Waals surface area contributed by atoms with E-state index in [1.165, 1.54) is 0 Å². The molecule has 0 unspecified atom stereocenters. The number of amides is 1. The van der Waals surface area contributed by atoms with Crippen molar-refractivity contribution in [2.45, 2.75) is 0 Å². The third-order valence-corrected chi connectivity index (χ3v) is 2.08. The summed E-state index contributed by atoms with van der Waals surface area (Å²) in [6.45, 7) is -0.0556. The quantitative estimate of drug-likeness (QED) is 0.693. The number of carbonyl (C=O) groups excluding carboxylic acids is 2. The highest BCUT2D eigenvalue weighted by Gasteiger charge is 2.07. The second-order valence-electron chi connectivity index (χ2n) is 3.45. The molecule has 0 aliphatic carbocycles. The van der Waals surface area contributed by atoms with Gasteiger partial charge in [-0.3, -0.25) is 9.59 Å². The number of aromatic nitrogens is 1. The zero-order valence-corrected chi connectivity index (χ0v) is 9.80. The van der Waals surface area contributed by atoms with Crippen molar-refractivity contribution in [1.29, 1.82) is 0 Å². The zero-order chi connectivity index (χ0) is 13.4. The first-order valence-corrected chi connectivity index (χ1v) is 5.36. The Hall–Kier alpha value is -2.40.